The average Bonchev–Trinajstić information content (AvgIpc) is 2.52. The van der Waals surface area contributed by atoms with Crippen molar-refractivity contribution in [3.63, 3.8) is 0 Å². The Bertz CT molecular complexity index is 531. The second-order valence-corrected chi connectivity index (χ2v) is 5.19. The molecule has 0 spiro atoms. The van der Waals surface area contributed by atoms with Crippen molar-refractivity contribution in [3.05, 3.63) is 35.4 Å². The highest BCUT2D eigenvalue weighted by Gasteiger charge is 2.20. The Hall–Kier alpha value is -1.73. The van der Waals surface area contributed by atoms with Crippen LogP contribution in [0.5, 0.6) is 0 Å². The zero-order valence-electron chi connectivity index (χ0n) is 12.5. The molecule has 0 saturated carbocycles. The van der Waals surface area contributed by atoms with Crippen molar-refractivity contribution in [1.29, 1.82) is 0 Å². The van der Waals surface area contributed by atoms with E-state index in [9.17, 15) is 18.4 Å². The summed E-state index contributed by atoms with van der Waals surface area (Å²) in [6, 6.07) is 3.24. The molecular formula is C15H20ClF2N3O2. The summed E-state index contributed by atoms with van der Waals surface area (Å²) in [6.07, 6.45) is 1.80. The molecule has 8 heteroatoms. The van der Waals surface area contributed by atoms with E-state index in [1.807, 2.05) is 0 Å². The van der Waals surface area contributed by atoms with Crippen LogP contribution < -0.4 is 16.0 Å². The summed E-state index contributed by atoms with van der Waals surface area (Å²) in [5.41, 5.74) is -0.606. The zero-order valence-corrected chi connectivity index (χ0v) is 13.3. The maximum atomic E-state index is 13.4. The molecule has 23 heavy (non-hydrogen) atoms. The van der Waals surface area contributed by atoms with Gasteiger partial charge in [-0.3, -0.25) is 9.59 Å². The Morgan fingerprint density at radius 2 is 1.83 bits per heavy atom. The number of halogens is 3. The standard InChI is InChI=1S/C15H19F2N3O2.ClH/c16-11-4-1-5-12(17)13(11)15(22)20-8-7-19-14(21)10-3-2-6-18-9-10;/h1,4-5,10,18H,2-3,6-9H2,(H,19,21)(H,20,22);1H. The molecule has 5 nitrogen and oxygen atoms in total. The van der Waals surface area contributed by atoms with Crippen molar-refractivity contribution in [2.24, 2.45) is 5.92 Å². The highest BCUT2D eigenvalue weighted by atomic mass is 35.5. The van der Waals surface area contributed by atoms with Crippen LogP contribution in [0.3, 0.4) is 0 Å². The summed E-state index contributed by atoms with van der Waals surface area (Å²) in [6.45, 7) is 1.91. The van der Waals surface area contributed by atoms with Crippen molar-refractivity contribution in [1.82, 2.24) is 16.0 Å². The van der Waals surface area contributed by atoms with E-state index in [2.05, 4.69) is 16.0 Å². The lowest BCUT2D eigenvalue weighted by atomic mass is 9.99. The number of nitrogens with one attached hydrogen (secondary N) is 3. The third-order valence-electron chi connectivity index (χ3n) is 3.57. The normalized spacial score (nSPS) is 17.0. The van der Waals surface area contributed by atoms with E-state index in [1.54, 1.807) is 0 Å². The van der Waals surface area contributed by atoms with Gasteiger partial charge in [0.2, 0.25) is 5.91 Å². The van der Waals surface area contributed by atoms with Gasteiger partial charge in [-0.25, -0.2) is 8.78 Å². The third kappa shape index (κ3) is 5.44. The average molecular weight is 348 g/mol. The molecule has 1 saturated heterocycles. The molecule has 0 bridgehead atoms. The van der Waals surface area contributed by atoms with E-state index < -0.39 is 23.1 Å². The molecule has 1 atom stereocenters. The summed E-state index contributed by atoms with van der Waals surface area (Å²) in [5.74, 6) is -2.78. The fourth-order valence-corrected chi connectivity index (χ4v) is 2.38. The van der Waals surface area contributed by atoms with E-state index in [1.165, 1.54) is 6.07 Å². The number of carbonyl (C=O) groups excluding carboxylic acids is 2. The van der Waals surface area contributed by atoms with Crippen LogP contribution in [-0.4, -0.2) is 38.0 Å². The first-order valence-corrected chi connectivity index (χ1v) is 7.30. The van der Waals surface area contributed by atoms with Crippen LogP contribution in [0.2, 0.25) is 0 Å². The van der Waals surface area contributed by atoms with Gasteiger partial charge in [0.1, 0.15) is 17.2 Å². The van der Waals surface area contributed by atoms with Crippen LogP contribution in [-0.2, 0) is 4.79 Å². The molecule has 1 aliphatic heterocycles. The first kappa shape index (κ1) is 19.3. The maximum Gasteiger partial charge on any atom is 0.257 e. The first-order valence-electron chi connectivity index (χ1n) is 7.30. The minimum absolute atomic E-state index is 0. The Kier molecular flexibility index (Phi) is 7.91. The van der Waals surface area contributed by atoms with Crippen LogP contribution >= 0.6 is 12.4 Å². The number of benzene rings is 1. The highest BCUT2D eigenvalue weighted by Crippen LogP contribution is 2.11. The molecule has 3 N–H and O–H groups in total. The number of rotatable bonds is 5. The number of hydrogen-bond acceptors (Lipinski definition) is 3. The monoisotopic (exact) mass is 347 g/mol. The molecule has 1 aromatic carbocycles. The molecule has 0 radical (unpaired) electrons. The van der Waals surface area contributed by atoms with Crippen LogP contribution in [0.4, 0.5) is 8.78 Å². The summed E-state index contributed by atoms with van der Waals surface area (Å²) < 4.78 is 26.8. The predicted molar refractivity (Wildman–Crippen MR) is 84.5 cm³/mol. The lowest BCUT2D eigenvalue weighted by Crippen LogP contribution is -2.43. The molecular weight excluding hydrogens is 328 g/mol. The maximum absolute atomic E-state index is 13.4. The molecule has 1 heterocycles. The number of amides is 2. The van der Waals surface area contributed by atoms with Crippen LogP contribution in [0.25, 0.3) is 0 Å². The lowest BCUT2D eigenvalue weighted by molar-refractivity contribution is -0.125. The Balaban J connectivity index is 0.00000264. The molecule has 128 valence electrons. The van der Waals surface area contributed by atoms with Crippen LogP contribution in [0, 0.1) is 17.6 Å². The van der Waals surface area contributed by atoms with Gasteiger partial charge in [-0.15, -0.1) is 12.4 Å². The summed E-state index contributed by atoms with van der Waals surface area (Å²) in [5, 5.41) is 8.24. The Morgan fingerprint density at radius 3 is 2.43 bits per heavy atom. The summed E-state index contributed by atoms with van der Waals surface area (Å²) >= 11 is 0. The SMILES string of the molecule is Cl.O=C(NCCNC(=O)C1CCCNC1)c1c(F)cccc1F. The molecule has 1 aliphatic rings. The predicted octanol–water partition coefficient (Wildman–Crippen LogP) is 1.23. The van der Waals surface area contributed by atoms with Gasteiger partial charge in [-0.1, -0.05) is 6.07 Å². The fourth-order valence-electron chi connectivity index (χ4n) is 2.38. The molecule has 0 aliphatic carbocycles. The number of carbonyl (C=O) groups is 2. The lowest BCUT2D eigenvalue weighted by Gasteiger charge is -2.21. The number of hydrogen-bond donors (Lipinski definition) is 3. The Labute approximate surface area is 139 Å². The second kappa shape index (κ2) is 9.42. The van der Waals surface area contributed by atoms with Gasteiger partial charge in [0.15, 0.2) is 0 Å². The van der Waals surface area contributed by atoms with Gasteiger partial charge in [0.25, 0.3) is 5.91 Å². The van der Waals surface area contributed by atoms with E-state index >= 15 is 0 Å². The zero-order chi connectivity index (χ0) is 15.9. The Morgan fingerprint density at radius 1 is 1.17 bits per heavy atom. The topological polar surface area (TPSA) is 70.2 Å². The molecule has 2 amide bonds. The van der Waals surface area contributed by atoms with E-state index in [0.717, 1.165) is 31.5 Å². The van der Waals surface area contributed by atoms with Gasteiger partial charge in [0.05, 0.1) is 5.92 Å². The third-order valence-corrected chi connectivity index (χ3v) is 3.57. The highest BCUT2D eigenvalue weighted by molar-refractivity contribution is 5.94. The minimum Gasteiger partial charge on any atom is -0.354 e. The molecule has 1 unspecified atom stereocenters. The largest absolute Gasteiger partial charge is 0.354 e. The van der Waals surface area contributed by atoms with Crippen molar-refractivity contribution in [2.45, 2.75) is 12.8 Å². The van der Waals surface area contributed by atoms with Gasteiger partial charge >= 0.3 is 0 Å². The van der Waals surface area contributed by atoms with Crippen molar-refractivity contribution in [2.75, 3.05) is 26.2 Å². The fraction of sp³-hybridized carbons (Fsp3) is 0.467. The quantitative estimate of drug-likeness (QED) is 0.702. The first-order chi connectivity index (χ1) is 10.6. The summed E-state index contributed by atoms with van der Waals surface area (Å²) in [4.78, 5) is 23.6. The van der Waals surface area contributed by atoms with E-state index in [-0.39, 0.29) is 37.3 Å². The number of piperidine rings is 1. The van der Waals surface area contributed by atoms with Gasteiger partial charge < -0.3 is 16.0 Å². The van der Waals surface area contributed by atoms with Gasteiger partial charge in [-0.2, -0.15) is 0 Å². The van der Waals surface area contributed by atoms with Crippen molar-refractivity contribution in [3.8, 4) is 0 Å². The van der Waals surface area contributed by atoms with E-state index in [4.69, 9.17) is 0 Å². The molecule has 2 rings (SSSR count). The second-order valence-electron chi connectivity index (χ2n) is 5.19. The minimum atomic E-state index is -0.908. The molecule has 0 aromatic heterocycles. The van der Waals surface area contributed by atoms with Gasteiger partial charge in [0, 0.05) is 19.6 Å². The smallest absolute Gasteiger partial charge is 0.257 e. The van der Waals surface area contributed by atoms with Crippen molar-refractivity contribution < 1.29 is 18.4 Å². The molecule has 1 fully saturated rings. The molecule has 1 aromatic rings. The van der Waals surface area contributed by atoms with Crippen LogP contribution in [0.1, 0.15) is 23.2 Å². The summed E-state index contributed by atoms with van der Waals surface area (Å²) in [7, 11) is 0. The van der Waals surface area contributed by atoms with Crippen LogP contribution in [0.15, 0.2) is 18.2 Å². The van der Waals surface area contributed by atoms with Gasteiger partial charge in [-0.05, 0) is 31.5 Å². The van der Waals surface area contributed by atoms with E-state index in [0.29, 0.717) is 6.54 Å². The van der Waals surface area contributed by atoms with Crippen molar-refractivity contribution >= 4 is 24.2 Å².